The molecule has 0 aromatic heterocycles. The standard InChI is InChI=1S/C31H47ClFN6O2/c1-3-41-29-6-4-5-27(33)26(29)22-37-14-16-38(17-15-37)31(40)30(35)23-9-18-39(2,19-10-23)20-11-24-21-25(32)7-8-28(24)36-13-12-34/h4-8,21,23,30,36H,3,9-20,22,34-35H2,1-2H3/q+1/t23?,30-,39?/m1/s1. The van der Waals surface area contributed by atoms with E-state index >= 15 is 0 Å². The summed E-state index contributed by atoms with van der Waals surface area (Å²) in [5, 5.41) is 4.15. The second kappa shape index (κ2) is 14.6. The Labute approximate surface area is 249 Å². The SMILES string of the molecule is CCOc1cccc(F)c1CN1CCN(C(=O)[C@H](N)C2CC[N+](C)(CCc3cc(Cl)ccc3NCCN)CC2)CC1. The number of anilines is 1. The summed E-state index contributed by atoms with van der Waals surface area (Å²) in [4.78, 5) is 17.4. The molecule has 0 unspecified atom stereocenters. The lowest BCUT2D eigenvalue weighted by atomic mass is 9.87. The van der Waals surface area contributed by atoms with Crippen molar-refractivity contribution in [3.8, 4) is 5.75 Å². The first kappa shape index (κ1) is 31.5. The minimum atomic E-state index is -0.480. The number of piperazine rings is 1. The van der Waals surface area contributed by atoms with E-state index in [2.05, 4.69) is 17.3 Å². The van der Waals surface area contributed by atoms with Crippen molar-refractivity contribution in [1.82, 2.24) is 9.80 Å². The summed E-state index contributed by atoms with van der Waals surface area (Å²) in [5.41, 5.74) is 15.1. The summed E-state index contributed by atoms with van der Waals surface area (Å²) in [6.07, 6.45) is 2.79. The molecule has 2 fully saturated rings. The molecule has 41 heavy (non-hydrogen) atoms. The van der Waals surface area contributed by atoms with Gasteiger partial charge in [-0.1, -0.05) is 17.7 Å². The number of hydrogen-bond donors (Lipinski definition) is 3. The quantitative estimate of drug-likeness (QED) is 0.329. The monoisotopic (exact) mass is 589 g/mol. The number of halogens is 2. The average Bonchev–Trinajstić information content (AvgIpc) is 2.97. The molecule has 2 aliphatic heterocycles. The Morgan fingerprint density at radius 3 is 2.61 bits per heavy atom. The van der Waals surface area contributed by atoms with Gasteiger partial charge in [-0.05, 0) is 48.7 Å². The molecule has 5 N–H and O–H groups in total. The van der Waals surface area contributed by atoms with Gasteiger partial charge in [0.05, 0.1) is 39.3 Å². The van der Waals surface area contributed by atoms with Crippen LogP contribution < -0.4 is 21.5 Å². The van der Waals surface area contributed by atoms with Gasteiger partial charge in [0, 0.05) is 81.3 Å². The van der Waals surface area contributed by atoms with Gasteiger partial charge in [0.25, 0.3) is 0 Å². The lowest BCUT2D eigenvalue weighted by molar-refractivity contribution is -0.915. The lowest BCUT2D eigenvalue weighted by Crippen LogP contribution is -2.58. The number of rotatable bonds is 12. The zero-order chi connectivity index (χ0) is 29.4. The van der Waals surface area contributed by atoms with Crippen molar-refractivity contribution >= 4 is 23.2 Å². The van der Waals surface area contributed by atoms with Crippen LogP contribution in [0.4, 0.5) is 10.1 Å². The number of piperidine rings is 1. The molecule has 0 bridgehead atoms. The Morgan fingerprint density at radius 2 is 1.93 bits per heavy atom. The number of carbonyl (C=O) groups excluding carboxylic acids is 1. The molecule has 2 saturated heterocycles. The topological polar surface area (TPSA) is 96.8 Å². The van der Waals surface area contributed by atoms with Gasteiger partial charge < -0.3 is 30.9 Å². The molecular weight excluding hydrogens is 543 g/mol. The molecule has 4 rings (SSSR count). The third-order valence-electron chi connectivity index (χ3n) is 8.76. The molecule has 2 aromatic carbocycles. The molecule has 0 saturated carbocycles. The summed E-state index contributed by atoms with van der Waals surface area (Å²) in [7, 11) is 2.30. The van der Waals surface area contributed by atoms with E-state index in [-0.39, 0.29) is 17.6 Å². The van der Waals surface area contributed by atoms with E-state index in [4.69, 9.17) is 27.8 Å². The van der Waals surface area contributed by atoms with E-state index in [1.807, 2.05) is 36.1 Å². The van der Waals surface area contributed by atoms with Gasteiger partial charge in [0.2, 0.25) is 5.91 Å². The van der Waals surface area contributed by atoms with Crippen LogP contribution in [0.1, 0.15) is 30.9 Å². The van der Waals surface area contributed by atoms with Crippen molar-refractivity contribution < 1.29 is 18.4 Å². The molecular formula is C31H47ClFN6O2+. The molecule has 2 heterocycles. The van der Waals surface area contributed by atoms with Gasteiger partial charge in [-0.15, -0.1) is 0 Å². The van der Waals surface area contributed by atoms with Crippen molar-refractivity contribution in [3.63, 3.8) is 0 Å². The Kier molecular flexibility index (Phi) is 11.3. The van der Waals surface area contributed by atoms with Gasteiger partial charge in [0.15, 0.2) is 0 Å². The first-order chi connectivity index (χ1) is 19.7. The molecule has 0 aliphatic carbocycles. The predicted octanol–water partition coefficient (Wildman–Crippen LogP) is 3.32. The van der Waals surface area contributed by atoms with E-state index < -0.39 is 6.04 Å². The summed E-state index contributed by atoms with van der Waals surface area (Å²) < 4.78 is 21.1. The zero-order valence-electron chi connectivity index (χ0n) is 24.6. The Morgan fingerprint density at radius 1 is 1.20 bits per heavy atom. The van der Waals surface area contributed by atoms with Crippen LogP contribution in [0.25, 0.3) is 0 Å². The van der Waals surface area contributed by atoms with E-state index in [1.165, 1.54) is 11.6 Å². The fourth-order valence-corrected chi connectivity index (χ4v) is 6.27. The van der Waals surface area contributed by atoms with Crippen LogP contribution in [0.3, 0.4) is 0 Å². The van der Waals surface area contributed by atoms with Gasteiger partial charge in [0.1, 0.15) is 11.6 Å². The molecule has 1 amide bonds. The molecule has 1 atom stereocenters. The highest BCUT2D eigenvalue weighted by Gasteiger charge is 2.37. The van der Waals surface area contributed by atoms with Crippen molar-refractivity contribution in [2.75, 3.05) is 77.9 Å². The smallest absolute Gasteiger partial charge is 0.239 e. The average molecular weight is 590 g/mol. The number of carbonyl (C=O) groups is 1. The molecule has 8 nitrogen and oxygen atoms in total. The number of hydrogen-bond acceptors (Lipinski definition) is 6. The number of benzene rings is 2. The fourth-order valence-electron chi connectivity index (χ4n) is 6.08. The van der Waals surface area contributed by atoms with Gasteiger partial charge >= 0.3 is 0 Å². The number of nitrogens with one attached hydrogen (secondary N) is 1. The normalized spacial score (nSPS) is 22.4. The Bertz CT molecular complexity index is 1150. The number of quaternary nitrogens is 1. The van der Waals surface area contributed by atoms with Crippen molar-refractivity contribution in [3.05, 3.63) is 58.4 Å². The number of likely N-dealkylation sites (tertiary alicyclic amines) is 1. The minimum Gasteiger partial charge on any atom is -0.493 e. The van der Waals surface area contributed by atoms with E-state index in [0.29, 0.717) is 57.2 Å². The highest BCUT2D eigenvalue weighted by atomic mass is 35.5. The van der Waals surface area contributed by atoms with Crippen LogP contribution in [0, 0.1) is 11.7 Å². The Hall–Kier alpha value is -2.43. The molecule has 0 spiro atoms. The number of amides is 1. The first-order valence-corrected chi connectivity index (χ1v) is 15.3. The van der Waals surface area contributed by atoms with E-state index in [1.54, 1.807) is 6.07 Å². The highest BCUT2D eigenvalue weighted by molar-refractivity contribution is 6.30. The lowest BCUT2D eigenvalue weighted by Gasteiger charge is -2.43. The summed E-state index contributed by atoms with van der Waals surface area (Å²) >= 11 is 6.29. The number of nitrogens with two attached hydrogens (primary N) is 2. The second-order valence-corrected chi connectivity index (χ2v) is 12.1. The molecule has 2 aromatic rings. The third-order valence-corrected chi connectivity index (χ3v) is 9.00. The van der Waals surface area contributed by atoms with Crippen LogP contribution >= 0.6 is 11.6 Å². The molecule has 226 valence electrons. The van der Waals surface area contributed by atoms with E-state index in [9.17, 15) is 9.18 Å². The van der Waals surface area contributed by atoms with Gasteiger partial charge in [-0.25, -0.2) is 4.39 Å². The maximum atomic E-state index is 14.5. The largest absolute Gasteiger partial charge is 0.493 e. The third kappa shape index (κ3) is 8.32. The number of likely N-dealkylation sites (N-methyl/N-ethyl adjacent to an activating group) is 1. The fraction of sp³-hybridized carbons (Fsp3) is 0.581. The summed E-state index contributed by atoms with van der Waals surface area (Å²) in [6, 6.07) is 10.5. The number of nitrogens with zero attached hydrogens (tertiary/aromatic N) is 3. The van der Waals surface area contributed by atoms with Crippen LogP contribution in [-0.4, -0.2) is 98.8 Å². The predicted molar refractivity (Wildman–Crippen MR) is 164 cm³/mol. The molecule has 10 heteroatoms. The zero-order valence-corrected chi connectivity index (χ0v) is 25.3. The van der Waals surface area contributed by atoms with Crippen LogP contribution in [0.2, 0.25) is 5.02 Å². The first-order valence-electron chi connectivity index (χ1n) is 15.0. The molecule has 2 aliphatic rings. The maximum absolute atomic E-state index is 14.5. The Balaban J connectivity index is 1.25. The second-order valence-electron chi connectivity index (χ2n) is 11.7. The molecule has 0 radical (unpaired) electrons. The van der Waals surface area contributed by atoms with Crippen LogP contribution in [0.15, 0.2) is 36.4 Å². The van der Waals surface area contributed by atoms with Gasteiger partial charge in [-0.2, -0.15) is 0 Å². The van der Waals surface area contributed by atoms with Crippen molar-refractivity contribution in [1.29, 1.82) is 0 Å². The summed E-state index contributed by atoms with van der Waals surface area (Å²) in [5.74, 6) is 0.565. The van der Waals surface area contributed by atoms with Crippen LogP contribution in [0.5, 0.6) is 5.75 Å². The maximum Gasteiger partial charge on any atom is 0.239 e. The summed E-state index contributed by atoms with van der Waals surface area (Å²) in [6.45, 7) is 9.73. The van der Waals surface area contributed by atoms with Crippen molar-refractivity contribution in [2.45, 2.75) is 38.8 Å². The highest BCUT2D eigenvalue weighted by Crippen LogP contribution is 2.28. The van der Waals surface area contributed by atoms with Crippen LogP contribution in [-0.2, 0) is 17.8 Å². The number of ether oxygens (including phenoxy) is 1. The van der Waals surface area contributed by atoms with Crippen molar-refractivity contribution in [2.24, 2.45) is 17.4 Å². The minimum absolute atomic E-state index is 0.0428. The van der Waals surface area contributed by atoms with E-state index in [0.717, 1.165) is 60.6 Å². The van der Waals surface area contributed by atoms with Gasteiger partial charge in [-0.3, -0.25) is 9.69 Å².